The van der Waals surface area contributed by atoms with Crippen molar-refractivity contribution >= 4 is 5.69 Å². The van der Waals surface area contributed by atoms with Crippen molar-refractivity contribution in [1.82, 2.24) is 5.16 Å². The number of rotatable bonds is 0. The minimum atomic E-state index is 0.510. The maximum atomic E-state index is 5.69. The highest BCUT2D eigenvalue weighted by molar-refractivity contribution is 5.74. The van der Waals surface area contributed by atoms with E-state index in [1.54, 1.807) is 6.26 Å². The van der Waals surface area contributed by atoms with Crippen molar-refractivity contribution in [1.29, 1.82) is 0 Å². The lowest BCUT2D eigenvalue weighted by molar-refractivity contribution is 0.301. The Kier molecular flexibility index (Phi) is 1.33. The zero-order valence-corrected chi connectivity index (χ0v) is 7.36. The molecule has 0 radical (unpaired) electrons. The topological polar surface area (TPSA) is 61.3 Å². The van der Waals surface area contributed by atoms with E-state index in [2.05, 4.69) is 5.16 Å². The van der Waals surface area contributed by atoms with Crippen LogP contribution < -0.4 is 10.5 Å². The standard InChI is InChI=1S/C10H8N2O2/c11-7-1-2-9-8(3-7)10-6(4-13-9)5-14-12-10/h1-3,5H,4,11H2. The number of hydrogen-bond acceptors (Lipinski definition) is 4. The predicted molar refractivity (Wildman–Crippen MR) is 50.7 cm³/mol. The molecule has 3 rings (SSSR count). The minimum absolute atomic E-state index is 0.510. The van der Waals surface area contributed by atoms with E-state index in [9.17, 15) is 0 Å². The molecule has 4 nitrogen and oxygen atoms in total. The fourth-order valence-corrected chi connectivity index (χ4v) is 1.60. The molecule has 2 heterocycles. The third-order valence-electron chi connectivity index (χ3n) is 2.29. The first-order valence-electron chi connectivity index (χ1n) is 4.30. The minimum Gasteiger partial charge on any atom is -0.488 e. The average Bonchev–Trinajstić information content (AvgIpc) is 2.65. The summed E-state index contributed by atoms with van der Waals surface area (Å²) in [5.74, 6) is 0.806. The van der Waals surface area contributed by atoms with E-state index in [0.717, 1.165) is 22.6 Å². The van der Waals surface area contributed by atoms with Crippen molar-refractivity contribution in [3.8, 4) is 17.0 Å². The second-order valence-electron chi connectivity index (χ2n) is 3.23. The molecular formula is C10H8N2O2. The van der Waals surface area contributed by atoms with Gasteiger partial charge in [0.2, 0.25) is 0 Å². The molecule has 1 aromatic carbocycles. The molecule has 14 heavy (non-hydrogen) atoms. The lowest BCUT2D eigenvalue weighted by Crippen LogP contribution is -2.04. The quantitative estimate of drug-likeness (QED) is 0.640. The van der Waals surface area contributed by atoms with Gasteiger partial charge in [0.1, 0.15) is 24.3 Å². The van der Waals surface area contributed by atoms with Crippen LogP contribution in [0.25, 0.3) is 11.3 Å². The van der Waals surface area contributed by atoms with Gasteiger partial charge in [-0.05, 0) is 18.2 Å². The summed E-state index contributed by atoms with van der Waals surface area (Å²) in [4.78, 5) is 0. The molecule has 0 spiro atoms. The van der Waals surface area contributed by atoms with Crippen molar-refractivity contribution in [2.75, 3.05) is 5.73 Å². The number of hydrogen-bond donors (Lipinski definition) is 1. The van der Waals surface area contributed by atoms with Crippen molar-refractivity contribution in [2.45, 2.75) is 6.61 Å². The van der Waals surface area contributed by atoms with Crippen LogP contribution in [0.3, 0.4) is 0 Å². The maximum Gasteiger partial charge on any atom is 0.131 e. The summed E-state index contributed by atoms with van der Waals surface area (Å²) in [7, 11) is 0. The summed E-state index contributed by atoms with van der Waals surface area (Å²) >= 11 is 0. The lowest BCUT2D eigenvalue weighted by atomic mass is 10.0. The van der Waals surface area contributed by atoms with Gasteiger partial charge in [0, 0.05) is 11.3 Å². The van der Waals surface area contributed by atoms with Gasteiger partial charge in [-0.3, -0.25) is 0 Å². The molecule has 0 amide bonds. The fraction of sp³-hybridized carbons (Fsp3) is 0.100. The summed E-state index contributed by atoms with van der Waals surface area (Å²) < 4.78 is 10.4. The highest BCUT2D eigenvalue weighted by Crippen LogP contribution is 2.37. The Labute approximate surface area is 80.3 Å². The molecule has 0 atom stereocenters. The Balaban J connectivity index is 2.28. The molecule has 0 saturated heterocycles. The SMILES string of the molecule is Nc1ccc2c(c1)-c1nocc1CO2. The molecule has 2 aromatic rings. The van der Waals surface area contributed by atoms with Crippen LogP contribution >= 0.6 is 0 Å². The zero-order valence-electron chi connectivity index (χ0n) is 7.36. The molecule has 1 aliphatic rings. The third kappa shape index (κ3) is 0.907. The monoisotopic (exact) mass is 188 g/mol. The number of nitrogen functional groups attached to an aromatic ring is 1. The molecule has 1 aliphatic heterocycles. The van der Waals surface area contributed by atoms with Gasteiger partial charge in [-0.25, -0.2) is 0 Å². The number of nitrogens with two attached hydrogens (primary N) is 1. The Hall–Kier alpha value is -1.97. The second kappa shape index (κ2) is 2.51. The molecule has 70 valence electrons. The van der Waals surface area contributed by atoms with E-state index < -0.39 is 0 Å². The van der Waals surface area contributed by atoms with Crippen molar-refractivity contribution in [3.05, 3.63) is 30.0 Å². The first kappa shape index (κ1) is 7.44. The van der Waals surface area contributed by atoms with E-state index in [1.807, 2.05) is 18.2 Å². The Morgan fingerprint density at radius 3 is 3.21 bits per heavy atom. The average molecular weight is 188 g/mol. The van der Waals surface area contributed by atoms with Crippen molar-refractivity contribution in [2.24, 2.45) is 0 Å². The number of benzene rings is 1. The van der Waals surface area contributed by atoms with Crippen LogP contribution in [-0.2, 0) is 6.61 Å². The molecule has 0 fully saturated rings. The lowest BCUT2D eigenvalue weighted by Gasteiger charge is -2.15. The van der Waals surface area contributed by atoms with E-state index in [-0.39, 0.29) is 0 Å². The first-order chi connectivity index (χ1) is 6.84. The zero-order chi connectivity index (χ0) is 9.54. The first-order valence-corrected chi connectivity index (χ1v) is 4.30. The van der Waals surface area contributed by atoms with E-state index in [0.29, 0.717) is 12.3 Å². The summed E-state index contributed by atoms with van der Waals surface area (Å²) in [5.41, 5.74) is 9.09. The molecule has 0 saturated carbocycles. The summed E-state index contributed by atoms with van der Waals surface area (Å²) in [6.45, 7) is 0.510. The molecule has 2 N–H and O–H groups in total. The molecule has 1 aromatic heterocycles. The Morgan fingerprint density at radius 2 is 2.29 bits per heavy atom. The predicted octanol–water partition coefficient (Wildman–Crippen LogP) is 1.82. The molecule has 4 heteroatoms. The van der Waals surface area contributed by atoms with Crippen molar-refractivity contribution < 1.29 is 9.26 Å². The molecule has 0 unspecified atom stereocenters. The largest absolute Gasteiger partial charge is 0.488 e. The van der Waals surface area contributed by atoms with Crippen LogP contribution in [-0.4, -0.2) is 5.16 Å². The normalized spacial score (nSPS) is 12.9. The van der Waals surface area contributed by atoms with Crippen LogP contribution in [0.5, 0.6) is 5.75 Å². The van der Waals surface area contributed by atoms with Crippen LogP contribution in [0.4, 0.5) is 5.69 Å². The van der Waals surface area contributed by atoms with E-state index >= 15 is 0 Å². The van der Waals surface area contributed by atoms with Gasteiger partial charge in [0.25, 0.3) is 0 Å². The summed E-state index contributed by atoms with van der Waals surface area (Å²) in [6, 6.07) is 5.50. The van der Waals surface area contributed by atoms with Crippen LogP contribution in [0.15, 0.2) is 29.0 Å². The number of nitrogens with zero attached hydrogens (tertiary/aromatic N) is 1. The molecule has 0 bridgehead atoms. The number of fused-ring (bicyclic) bond motifs is 3. The van der Waals surface area contributed by atoms with Gasteiger partial charge < -0.3 is 15.0 Å². The molecule has 0 aliphatic carbocycles. The molecular weight excluding hydrogens is 180 g/mol. The second-order valence-corrected chi connectivity index (χ2v) is 3.23. The van der Waals surface area contributed by atoms with Gasteiger partial charge >= 0.3 is 0 Å². The Morgan fingerprint density at radius 1 is 1.36 bits per heavy atom. The van der Waals surface area contributed by atoms with Crippen LogP contribution in [0.2, 0.25) is 0 Å². The smallest absolute Gasteiger partial charge is 0.131 e. The third-order valence-corrected chi connectivity index (χ3v) is 2.29. The Bertz CT molecular complexity index is 491. The summed E-state index contributed by atoms with van der Waals surface area (Å²) in [6.07, 6.45) is 1.60. The van der Waals surface area contributed by atoms with Gasteiger partial charge in [0.05, 0.1) is 5.56 Å². The highest BCUT2D eigenvalue weighted by atomic mass is 16.5. The highest BCUT2D eigenvalue weighted by Gasteiger charge is 2.20. The van der Waals surface area contributed by atoms with E-state index in [4.69, 9.17) is 15.0 Å². The van der Waals surface area contributed by atoms with Gasteiger partial charge in [-0.15, -0.1) is 0 Å². The maximum absolute atomic E-state index is 5.69. The van der Waals surface area contributed by atoms with Crippen LogP contribution in [0, 0.1) is 0 Å². The van der Waals surface area contributed by atoms with Crippen LogP contribution in [0.1, 0.15) is 5.56 Å². The van der Waals surface area contributed by atoms with Gasteiger partial charge in [-0.2, -0.15) is 0 Å². The number of anilines is 1. The van der Waals surface area contributed by atoms with Gasteiger partial charge in [0.15, 0.2) is 0 Å². The summed E-state index contributed by atoms with van der Waals surface area (Å²) in [5, 5.41) is 3.93. The number of ether oxygens (including phenoxy) is 1. The number of aromatic nitrogens is 1. The van der Waals surface area contributed by atoms with Crippen molar-refractivity contribution in [3.63, 3.8) is 0 Å². The van der Waals surface area contributed by atoms with Gasteiger partial charge in [-0.1, -0.05) is 5.16 Å². The van der Waals surface area contributed by atoms with E-state index in [1.165, 1.54) is 0 Å². The fourth-order valence-electron chi connectivity index (χ4n) is 1.60.